The molecular weight excluding hydrogens is 316 g/mol. The highest BCUT2D eigenvalue weighted by Crippen LogP contribution is 2.09. The predicted octanol–water partition coefficient (Wildman–Crippen LogP) is 1.21. The summed E-state index contributed by atoms with van der Waals surface area (Å²) in [5.74, 6) is 1.64. The molecule has 0 aliphatic rings. The first kappa shape index (κ1) is 16.7. The van der Waals surface area contributed by atoms with Crippen LogP contribution in [0, 0.1) is 0 Å². The zero-order chi connectivity index (χ0) is 17.6. The topological polar surface area (TPSA) is 76.2 Å². The van der Waals surface area contributed by atoms with Crippen molar-refractivity contribution in [1.82, 2.24) is 34.8 Å². The molecule has 1 N–H and O–H groups in total. The third kappa shape index (κ3) is 4.03. The van der Waals surface area contributed by atoms with Crippen LogP contribution in [-0.2, 0) is 20.1 Å². The highest BCUT2D eigenvalue weighted by molar-refractivity contribution is 5.79. The first-order chi connectivity index (χ1) is 12.2. The van der Waals surface area contributed by atoms with Gasteiger partial charge in [-0.25, -0.2) is 9.67 Å². The van der Waals surface area contributed by atoms with Crippen LogP contribution in [0.1, 0.15) is 11.4 Å². The maximum absolute atomic E-state index is 4.43. The molecule has 0 spiro atoms. The summed E-state index contributed by atoms with van der Waals surface area (Å²) in [7, 11) is 5.63. The largest absolute Gasteiger partial charge is 0.349 e. The first-order valence-corrected chi connectivity index (χ1v) is 8.01. The zero-order valence-electron chi connectivity index (χ0n) is 14.7. The van der Waals surface area contributed by atoms with Crippen LogP contribution in [0.15, 0.2) is 54.0 Å². The lowest BCUT2D eigenvalue weighted by molar-refractivity contribution is 0.474. The van der Waals surface area contributed by atoms with Crippen molar-refractivity contribution in [2.24, 2.45) is 12.0 Å². The molecule has 0 fully saturated rings. The SMILES string of the molecule is CN=C(NCc1ncnn1C)N(C)Cc1cnn(-c2ccccc2)c1. The number of aliphatic imine (C=N–C) groups is 1. The van der Waals surface area contributed by atoms with Crippen molar-refractivity contribution in [2.45, 2.75) is 13.1 Å². The second-order valence-corrected chi connectivity index (χ2v) is 5.69. The summed E-state index contributed by atoms with van der Waals surface area (Å²) in [6, 6.07) is 10.1. The van der Waals surface area contributed by atoms with Gasteiger partial charge in [0.2, 0.25) is 0 Å². The molecule has 0 saturated carbocycles. The number of guanidine groups is 1. The van der Waals surface area contributed by atoms with Crippen LogP contribution in [0.4, 0.5) is 0 Å². The number of hydrogen-bond donors (Lipinski definition) is 1. The molecule has 0 aliphatic heterocycles. The maximum atomic E-state index is 4.43. The van der Waals surface area contributed by atoms with E-state index in [-0.39, 0.29) is 0 Å². The number of nitrogens with one attached hydrogen (secondary N) is 1. The Morgan fingerprint density at radius 2 is 2.04 bits per heavy atom. The fraction of sp³-hybridized carbons (Fsp3) is 0.294. The van der Waals surface area contributed by atoms with Crippen molar-refractivity contribution in [2.75, 3.05) is 14.1 Å². The number of nitrogens with zero attached hydrogens (tertiary/aromatic N) is 7. The van der Waals surface area contributed by atoms with E-state index in [2.05, 4.69) is 25.5 Å². The number of rotatable bonds is 5. The van der Waals surface area contributed by atoms with Crippen molar-refractivity contribution in [1.29, 1.82) is 0 Å². The average Bonchev–Trinajstić information content (AvgIpc) is 3.25. The second kappa shape index (κ2) is 7.61. The minimum absolute atomic E-state index is 0.566. The lowest BCUT2D eigenvalue weighted by atomic mass is 10.3. The van der Waals surface area contributed by atoms with Crippen LogP contribution < -0.4 is 5.32 Å². The molecule has 3 aromatic rings. The van der Waals surface area contributed by atoms with Crippen LogP contribution >= 0.6 is 0 Å². The van der Waals surface area contributed by atoms with E-state index in [0.717, 1.165) is 23.0 Å². The maximum Gasteiger partial charge on any atom is 0.194 e. The molecule has 0 saturated heterocycles. The molecule has 0 aliphatic carbocycles. The third-order valence-corrected chi connectivity index (χ3v) is 3.86. The number of aryl methyl sites for hydroxylation is 1. The van der Waals surface area contributed by atoms with E-state index in [1.165, 1.54) is 0 Å². The summed E-state index contributed by atoms with van der Waals surface area (Å²) in [4.78, 5) is 10.6. The van der Waals surface area contributed by atoms with E-state index in [9.17, 15) is 0 Å². The molecule has 2 aromatic heterocycles. The van der Waals surface area contributed by atoms with Crippen molar-refractivity contribution < 1.29 is 0 Å². The summed E-state index contributed by atoms with van der Waals surface area (Å²) in [5, 5.41) is 11.8. The normalized spacial score (nSPS) is 11.6. The molecular formula is C17H22N8. The molecule has 8 heteroatoms. The average molecular weight is 338 g/mol. The van der Waals surface area contributed by atoms with Gasteiger partial charge < -0.3 is 10.2 Å². The van der Waals surface area contributed by atoms with Gasteiger partial charge in [0.1, 0.15) is 12.2 Å². The summed E-state index contributed by atoms with van der Waals surface area (Å²) in [6.07, 6.45) is 5.45. The quantitative estimate of drug-likeness (QED) is 0.559. The molecule has 25 heavy (non-hydrogen) atoms. The Bertz CT molecular complexity index is 833. The first-order valence-electron chi connectivity index (χ1n) is 8.01. The Kier molecular flexibility index (Phi) is 5.08. The molecule has 0 atom stereocenters. The molecule has 8 nitrogen and oxygen atoms in total. The molecule has 0 unspecified atom stereocenters. The third-order valence-electron chi connectivity index (χ3n) is 3.86. The highest BCUT2D eigenvalue weighted by atomic mass is 15.3. The number of benzene rings is 1. The van der Waals surface area contributed by atoms with Gasteiger partial charge in [-0.2, -0.15) is 10.2 Å². The monoisotopic (exact) mass is 338 g/mol. The molecule has 0 amide bonds. The van der Waals surface area contributed by atoms with Crippen LogP contribution in [0.2, 0.25) is 0 Å². The van der Waals surface area contributed by atoms with Gasteiger partial charge >= 0.3 is 0 Å². The Hall–Kier alpha value is -3.16. The van der Waals surface area contributed by atoms with E-state index in [0.29, 0.717) is 13.1 Å². The van der Waals surface area contributed by atoms with Gasteiger partial charge in [-0.3, -0.25) is 9.67 Å². The van der Waals surface area contributed by atoms with Gasteiger partial charge in [0.05, 0.1) is 18.4 Å². The van der Waals surface area contributed by atoms with Gasteiger partial charge in [-0.15, -0.1) is 0 Å². The van der Waals surface area contributed by atoms with E-state index in [1.807, 2.05) is 66.4 Å². The van der Waals surface area contributed by atoms with E-state index < -0.39 is 0 Å². The van der Waals surface area contributed by atoms with Gasteiger partial charge in [0.15, 0.2) is 5.96 Å². The fourth-order valence-corrected chi connectivity index (χ4v) is 2.54. The highest BCUT2D eigenvalue weighted by Gasteiger charge is 2.10. The van der Waals surface area contributed by atoms with Crippen molar-refractivity contribution in [3.63, 3.8) is 0 Å². The lowest BCUT2D eigenvalue weighted by Crippen LogP contribution is -2.38. The van der Waals surface area contributed by atoms with Gasteiger partial charge in [-0.05, 0) is 12.1 Å². The van der Waals surface area contributed by atoms with Gasteiger partial charge in [-0.1, -0.05) is 18.2 Å². The molecule has 3 rings (SSSR count). The van der Waals surface area contributed by atoms with E-state index in [1.54, 1.807) is 18.1 Å². The minimum atomic E-state index is 0.566. The van der Waals surface area contributed by atoms with E-state index in [4.69, 9.17) is 0 Å². The number of hydrogen-bond acceptors (Lipinski definition) is 4. The molecule has 0 bridgehead atoms. The smallest absolute Gasteiger partial charge is 0.194 e. The van der Waals surface area contributed by atoms with Crippen LogP contribution in [0.3, 0.4) is 0 Å². The zero-order valence-corrected chi connectivity index (χ0v) is 14.7. The van der Waals surface area contributed by atoms with Gasteiger partial charge in [0.25, 0.3) is 0 Å². The summed E-state index contributed by atoms with van der Waals surface area (Å²) < 4.78 is 3.61. The Balaban J connectivity index is 1.61. The Labute approximate surface area is 146 Å². The molecule has 0 radical (unpaired) electrons. The summed E-state index contributed by atoms with van der Waals surface area (Å²) in [5.41, 5.74) is 2.15. The lowest BCUT2D eigenvalue weighted by Gasteiger charge is -2.21. The van der Waals surface area contributed by atoms with Gasteiger partial charge in [0, 0.05) is 39.4 Å². The summed E-state index contributed by atoms with van der Waals surface area (Å²) >= 11 is 0. The fourth-order valence-electron chi connectivity index (χ4n) is 2.54. The second-order valence-electron chi connectivity index (χ2n) is 5.69. The number of para-hydroxylation sites is 1. The van der Waals surface area contributed by atoms with E-state index >= 15 is 0 Å². The standard InChI is InChI=1S/C17H22N8/c1-18-17(19-10-16-20-13-22-24(16)3)23(2)11-14-9-21-25(12-14)15-7-5-4-6-8-15/h4-9,12-13H,10-11H2,1-3H3,(H,18,19). The van der Waals surface area contributed by atoms with Crippen LogP contribution in [0.5, 0.6) is 0 Å². The molecule has 130 valence electrons. The van der Waals surface area contributed by atoms with Crippen molar-refractivity contribution in [3.8, 4) is 5.69 Å². The molecule has 1 aromatic carbocycles. The van der Waals surface area contributed by atoms with Crippen LogP contribution in [0.25, 0.3) is 5.69 Å². The van der Waals surface area contributed by atoms with Crippen LogP contribution in [-0.4, -0.2) is 49.5 Å². The molecule has 2 heterocycles. The number of aromatic nitrogens is 5. The Morgan fingerprint density at radius 3 is 2.72 bits per heavy atom. The Morgan fingerprint density at radius 1 is 1.24 bits per heavy atom. The minimum Gasteiger partial charge on any atom is -0.349 e. The summed E-state index contributed by atoms with van der Waals surface area (Å²) in [6.45, 7) is 1.27. The van der Waals surface area contributed by atoms with Crippen molar-refractivity contribution >= 4 is 5.96 Å². The van der Waals surface area contributed by atoms with Crippen molar-refractivity contribution in [3.05, 3.63) is 60.4 Å². The predicted molar refractivity (Wildman–Crippen MR) is 96.2 cm³/mol.